The highest BCUT2D eigenvalue weighted by molar-refractivity contribution is 7.98. The SMILES string of the molecule is Cc1ccc(-n2c(SCc3ccc(Cl)nc3)nnc2N2CCOCC2)cc1. The molecule has 0 aliphatic carbocycles. The van der Waals surface area contributed by atoms with E-state index in [9.17, 15) is 0 Å². The molecule has 0 amide bonds. The minimum absolute atomic E-state index is 0.501. The Morgan fingerprint density at radius 2 is 1.85 bits per heavy atom. The largest absolute Gasteiger partial charge is 0.378 e. The number of rotatable bonds is 5. The van der Waals surface area contributed by atoms with Crippen molar-refractivity contribution in [1.29, 1.82) is 0 Å². The molecular weight excluding hydrogens is 382 g/mol. The zero-order valence-electron chi connectivity index (χ0n) is 15.0. The number of pyridine rings is 1. The third-order valence-corrected chi connectivity index (χ3v) is 5.58. The van der Waals surface area contributed by atoms with E-state index in [0.29, 0.717) is 18.4 Å². The molecule has 27 heavy (non-hydrogen) atoms. The Hall–Kier alpha value is -2.09. The molecule has 140 valence electrons. The lowest BCUT2D eigenvalue weighted by Gasteiger charge is -2.28. The van der Waals surface area contributed by atoms with Gasteiger partial charge in [0.05, 0.1) is 18.9 Å². The fourth-order valence-electron chi connectivity index (χ4n) is 2.88. The van der Waals surface area contributed by atoms with Crippen molar-refractivity contribution < 1.29 is 4.74 Å². The number of aryl methyl sites for hydroxylation is 1. The average Bonchev–Trinajstić information content (AvgIpc) is 3.13. The highest BCUT2D eigenvalue weighted by Crippen LogP contribution is 2.29. The number of anilines is 1. The second-order valence-electron chi connectivity index (χ2n) is 6.33. The summed E-state index contributed by atoms with van der Waals surface area (Å²) >= 11 is 7.51. The molecule has 1 aliphatic heterocycles. The van der Waals surface area contributed by atoms with Crippen LogP contribution in [0.1, 0.15) is 11.1 Å². The van der Waals surface area contributed by atoms with Gasteiger partial charge in [-0.05, 0) is 30.7 Å². The molecule has 1 fully saturated rings. The van der Waals surface area contributed by atoms with E-state index in [1.807, 2.05) is 6.07 Å². The lowest BCUT2D eigenvalue weighted by molar-refractivity contribution is 0.122. The number of thioether (sulfide) groups is 1. The first-order valence-corrected chi connectivity index (χ1v) is 10.2. The molecule has 1 aliphatic rings. The summed E-state index contributed by atoms with van der Waals surface area (Å²) in [6.07, 6.45) is 1.80. The molecule has 8 heteroatoms. The molecule has 4 rings (SSSR count). The van der Waals surface area contributed by atoms with Crippen molar-refractivity contribution in [3.8, 4) is 5.69 Å². The van der Waals surface area contributed by atoms with E-state index < -0.39 is 0 Å². The van der Waals surface area contributed by atoms with Crippen LogP contribution < -0.4 is 4.90 Å². The lowest BCUT2D eigenvalue weighted by Crippen LogP contribution is -2.37. The van der Waals surface area contributed by atoms with Gasteiger partial charge in [-0.3, -0.25) is 4.57 Å². The van der Waals surface area contributed by atoms with Crippen LogP contribution in [0.4, 0.5) is 5.95 Å². The van der Waals surface area contributed by atoms with Crippen LogP contribution in [0.25, 0.3) is 5.69 Å². The Balaban J connectivity index is 1.64. The number of ether oxygens (including phenoxy) is 1. The first kappa shape index (κ1) is 18.3. The monoisotopic (exact) mass is 401 g/mol. The molecule has 0 radical (unpaired) electrons. The van der Waals surface area contributed by atoms with Gasteiger partial charge in [0.25, 0.3) is 0 Å². The summed E-state index contributed by atoms with van der Waals surface area (Å²) in [6, 6.07) is 12.2. The van der Waals surface area contributed by atoms with Crippen LogP contribution in [0.5, 0.6) is 0 Å². The minimum atomic E-state index is 0.501. The summed E-state index contributed by atoms with van der Waals surface area (Å²) < 4.78 is 7.61. The molecule has 3 heterocycles. The molecule has 0 N–H and O–H groups in total. The van der Waals surface area contributed by atoms with Crippen molar-refractivity contribution in [3.05, 3.63) is 58.9 Å². The number of halogens is 1. The van der Waals surface area contributed by atoms with E-state index in [1.165, 1.54) is 5.56 Å². The fraction of sp³-hybridized carbons (Fsp3) is 0.316. The van der Waals surface area contributed by atoms with Crippen LogP contribution in [-0.4, -0.2) is 46.1 Å². The number of aromatic nitrogens is 4. The molecule has 1 aromatic carbocycles. The molecule has 0 saturated carbocycles. The normalized spacial score (nSPS) is 14.5. The quantitative estimate of drug-likeness (QED) is 0.479. The number of nitrogens with zero attached hydrogens (tertiary/aromatic N) is 5. The fourth-order valence-corrected chi connectivity index (χ4v) is 3.88. The van der Waals surface area contributed by atoms with Gasteiger partial charge in [0.2, 0.25) is 5.95 Å². The van der Waals surface area contributed by atoms with Gasteiger partial charge in [-0.15, -0.1) is 10.2 Å². The van der Waals surface area contributed by atoms with E-state index in [0.717, 1.165) is 41.2 Å². The highest BCUT2D eigenvalue weighted by atomic mass is 35.5. The Bertz CT molecular complexity index is 891. The third kappa shape index (κ3) is 4.26. The lowest BCUT2D eigenvalue weighted by atomic mass is 10.2. The van der Waals surface area contributed by atoms with Crippen molar-refractivity contribution >= 4 is 29.3 Å². The van der Waals surface area contributed by atoms with Crippen molar-refractivity contribution in [2.24, 2.45) is 0 Å². The molecule has 0 bridgehead atoms. The predicted molar refractivity (Wildman–Crippen MR) is 108 cm³/mol. The van der Waals surface area contributed by atoms with Gasteiger partial charge < -0.3 is 9.64 Å². The van der Waals surface area contributed by atoms with Crippen LogP contribution in [-0.2, 0) is 10.5 Å². The molecule has 3 aromatic rings. The number of hydrogen-bond donors (Lipinski definition) is 0. The van der Waals surface area contributed by atoms with Crippen LogP contribution in [0.15, 0.2) is 47.8 Å². The number of morpholine rings is 1. The van der Waals surface area contributed by atoms with E-state index >= 15 is 0 Å². The maximum Gasteiger partial charge on any atom is 0.232 e. The summed E-state index contributed by atoms with van der Waals surface area (Å²) in [5, 5.41) is 10.3. The molecule has 0 spiro atoms. The first-order chi connectivity index (χ1) is 13.2. The predicted octanol–water partition coefficient (Wildman–Crippen LogP) is 3.75. The zero-order valence-corrected chi connectivity index (χ0v) is 16.6. The highest BCUT2D eigenvalue weighted by Gasteiger charge is 2.21. The van der Waals surface area contributed by atoms with Gasteiger partial charge in [0, 0.05) is 25.0 Å². The summed E-state index contributed by atoms with van der Waals surface area (Å²) in [4.78, 5) is 6.37. The topological polar surface area (TPSA) is 56.1 Å². The van der Waals surface area contributed by atoms with Crippen molar-refractivity contribution in [2.45, 2.75) is 17.8 Å². The number of benzene rings is 1. The third-order valence-electron chi connectivity index (χ3n) is 4.36. The minimum Gasteiger partial charge on any atom is -0.378 e. The maximum absolute atomic E-state index is 5.88. The summed E-state index contributed by atoms with van der Waals surface area (Å²) in [6.45, 7) is 5.13. The Kier molecular flexibility index (Phi) is 5.61. The Labute approximate surface area is 167 Å². The van der Waals surface area contributed by atoms with Gasteiger partial charge in [0.15, 0.2) is 5.16 Å². The first-order valence-electron chi connectivity index (χ1n) is 8.79. The molecule has 0 atom stereocenters. The van der Waals surface area contributed by atoms with E-state index in [-0.39, 0.29) is 0 Å². The average molecular weight is 402 g/mol. The Morgan fingerprint density at radius 1 is 1.07 bits per heavy atom. The van der Waals surface area contributed by atoms with E-state index in [2.05, 4.69) is 55.8 Å². The second-order valence-corrected chi connectivity index (χ2v) is 7.66. The van der Waals surface area contributed by atoms with Crippen LogP contribution in [0.2, 0.25) is 5.15 Å². The summed E-state index contributed by atoms with van der Waals surface area (Å²) in [5.74, 6) is 1.61. The van der Waals surface area contributed by atoms with Crippen molar-refractivity contribution in [2.75, 3.05) is 31.2 Å². The van der Waals surface area contributed by atoms with Gasteiger partial charge in [-0.2, -0.15) is 0 Å². The molecular formula is C19H20ClN5OS. The summed E-state index contributed by atoms with van der Waals surface area (Å²) in [7, 11) is 0. The molecule has 1 saturated heterocycles. The standard InChI is InChI=1S/C19H20ClN5OS/c1-14-2-5-16(6-3-14)25-18(24-8-10-26-11-9-24)22-23-19(25)27-13-15-4-7-17(20)21-12-15/h2-7,12H,8-11,13H2,1H3. The Morgan fingerprint density at radius 3 is 2.56 bits per heavy atom. The smallest absolute Gasteiger partial charge is 0.232 e. The van der Waals surface area contributed by atoms with Crippen molar-refractivity contribution in [1.82, 2.24) is 19.7 Å². The van der Waals surface area contributed by atoms with Crippen LogP contribution in [0, 0.1) is 6.92 Å². The zero-order chi connectivity index (χ0) is 18.6. The number of hydrogen-bond acceptors (Lipinski definition) is 6. The van der Waals surface area contributed by atoms with Crippen LogP contribution in [0.3, 0.4) is 0 Å². The van der Waals surface area contributed by atoms with E-state index in [4.69, 9.17) is 16.3 Å². The van der Waals surface area contributed by atoms with Gasteiger partial charge in [-0.25, -0.2) is 4.98 Å². The molecule has 0 unspecified atom stereocenters. The van der Waals surface area contributed by atoms with Gasteiger partial charge in [-0.1, -0.05) is 47.1 Å². The molecule has 2 aromatic heterocycles. The van der Waals surface area contributed by atoms with Gasteiger partial charge in [0.1, 0.15) is 5.15 Å². The maximum atomic E-state index is 5.88. The van der Waals surface area contributed by atoms with Gasteiger partial charge >= 0.3 is 0 Å². The van der Waals surface area contributed by atoms with E-state index in [1.54, 1.807) is 24.0 Å². The van der Waals surface area contributed by atoms with Crippen LogP contribution >= 0.6 is 23.4 Å². The second kappa shape index (κ2) is 8.29. The van der Waals surface area contributed by atoms with Crippen molar-refractivity contribution in [3.63, 3.8) is 0 Å². The summed E-state index contributed by atoms with van der Waals surface area (Å²) in [5.41, 5.74) is 3.38. The molecule has 6 nitrogen and oxygen atoms in total.